The van der Waals surface area contributed by atoms with Crippen LogP contribution in [0.2, 0.25) is 0 Å². The van der Waals surface area contributed by atoms with Crippen molar-refractivity contribution in [3.05, 3.63) is 71.9 Å². The van der Waals surface area contributed by atoms with Gasteiger partial charge in [0.25, 0.3) is 5.91 Å². The summed E-state index contributed by atoms with van der Waals surface area (Å²) in [5.74, 6) is -3.05. The molecule has 1 aliphatic carbocycles. The van der Waals surface area contributed by atoms with Crippen LogP contribution in [0.4, 0.5) is 19.0 Å². The Bertz CT molecular complexity index is 1230. The smallest absolute Gasteiger partial charge is 0.260 e. The van der Waals surface area contributed by atoms with Gasteiger partial charge in [-0.05, 0) is 42.2 Å². The lowest BCUT2D eigenvalue weighted by Crippen LogP contribution is -2.28. The van der Waals surface area contributed by atoms with Gasteiger partial charge in [0.15, 0.2) is 0 Å². The van der Waals surface area contributed by atoms with Crippen molar-refractivity contribution in [2.24, 2.45) is 0 Å². The molecule has 3 N–H and O–H groups in total. The summed E-state index contributed by atoms with van der Waals surface area (Å²) < 4.78 is 47.5. The third kappa shape index (κ3) is 5.47. The summed E-state index contributed by atoms with van der Waals surface area (Å²) in [4.78, 5) is 17.0. The van der Waals surface area contributed by atoms with Gasteiger partial charge in [-0.15, -0.1) is 0 Å². The Morgan fingerprint density at radius 3 is 2.66 bits per heavy atom. The first-order chi connectivity index (χ1) is 16.7. The van der Waals surface area contributed by atoms with Crippen LogP contribution in [0.5, 0.6) is 5.88 Å². The summed E-state index contributed by atoms with van der Waals surface area (Å²) in [6.07, 6.45) is 3.08. The Labute approximate surface area is 200 Å². The summed E-state index contributed by atoms with van der Waals surface area (Å²) in [5.41, 5.74) is 8.68. The highest BCUT2D eigenvalue weighted by Crippen LogP contribution is 2.39. The fourth-order valence-corrected chi connectivity index (χ4v) is 4.26. The molecular formula is C25H26F3N5O2. The summed E-state index contributed by atoms with van der Waals surface area (Å²) in [6, 6.07) is 7.58. The predicted octanol–water partition coefficient (Wildman–Crippen LogP) is 4.91. The van der Waals surface area contributed by atoms with Crippen LogP contribution in [0, 0.1) is 5.82 Å². The molecule has 3 aromatic rings. The molecule has 1 aliphatic rings. The van der Waals surface area contributed by atoms with Crippen molar-refractivity contribution >= 4 is 11.7 Å². The zero-order chi connectivity index (χ0) is 25.2. The summed E-state index contributed by atoms with van der Waals surface area (Å²) in [7, 11) is 1.52. The number of carbonyl (C=O) groups is 1. The first-order valence-electron chi connectivity index (χ1n) is 11.2. The molecule has 0 radical (unpaired) electrons. The number of methoxy groups -OCH3 is 1. The molecule has 1 fully saturated rings. The molecule has 1 amide bonds. The van der Waals surface area contributed by atoms with E-state index in [2.05, 4.69) is 22.0 Å². The number of benzene rings is 1. The van der Waals surface area contributed by atoms with E-state index in [1.54, 1.807) is 24.4 Å². The van der Waals surface area contributed by atoms with E-state index in [9.17, 15) is 18.0 Å². The minimum atomic E-state index is -2.67. The largest absolute Gasteiger partial charge is 0.481 e. The minimum Gasteiger partial charge on any atom is -0.481 e. The van der Waals surface area contributed by atoms with Gasteiger partial charge in [0, 0.05) is 42.8 Å². The highest BCUT2D eigenvalue weighted by molar-refractivity contribution is 5.99. The molecule has 0 spiro atoms. The van der Waals surface area contributed by atoms with Gasteiger partial charge < -0.3 is 15.8 Å². The monoisotopic (exact) mass is 485 g/mol. The topological polar surface area (TPSA) is 95.1 Å². The van der Waals surface area contributed by atoms with Crippen LogP contribution in [0.15, 0.2) is 55.0 Å². The Balaban J connectivity index is 1.46. The molecule has 35 heavy (non-hydrogen) atoms. The maximum absolute atomic E-state index is 14.0. The number of halogens is 3. The maximum atomic E-state index is 14.0. The second-order valence-electron chi connectivity index (χ2n) is 8.60. The number of nitrogens with two attached hydrogens (primary N) is 1. The quantitative estimate of drug-likeness (QED) is 0.496. The lowest BCUT2D eigenvalue weighted by molar-refractivity contribution is -0.0448. The van der Waals surface area contributed by atoms with Crippen LogP contribution in [0.1, 0.15) is 47.6 Å². The molecular weight excluding hydrogens is 459 g/mol. The van der Waals surface area contributed by atoms with Gasteiger partial charge in [-0.3, -0.25) is 4.79 Å². The number of nitrogens with zero attached hydrogens (tertiary/aromatic N) is 3. The molecule has 0 bridgehead atoms. The van der Waals surface area contributed by atoms with E-state index in [1.807, 2.05) is 0 Å². The van der Waals surface area contributed by atoms with E-state index in [4.69, 9.17) is 10.5 Å². The molecule has 184 valence electrons. The van der Waals surface area contributed by atoms with E-state index in [1.165, 1.54) is 30.1 Å². The van der Waals surface area contributed by atoms with Crippen molar-refractivity contribution in [1.82, 2.24) is 20.1 Å². The SMILES string of the molecule is C=C(Cc1cc(F)ccc1-c1ccc(OC)nc1)NC(=O)c1cnn(C2CCC(F)(F)CC2)c1N. The van der Waals surface area contributed by atoms with Crippen molar-refractivity contribution in [2.75, 3.05) is 12.8 Å². The van der Waals surface area contributed by atoms with Crippen LogP contribution in [0.25, 0.3) is 11.1 Å². The van der Waals surface area contributed by atoms with Crippen molar-refractivity contribution in [1.29, 1.82) is 0 Å². The normalized spacial score (nSPS) is 15.5. The Kier molecular flexibility index (Phi) is 6.81. The van der Waals surface area contributed by atoms with Gasteiger partial charge in [0.1, 0.15) is 17.2 Å². The minimum absolute atomic E-state index is 0.112. The van der Waals surface area contributed by atoms with E-state index < -0.39 is 17.6 Å². The van der Waals surface area contributed by atoms with Crippen LogP contribution in [-0.2, 0) is 6.42 Å². The number of hydrogen-bond donors (Lipinski definition) is 2. The molecule has 2 heterocycles. The van der Waals surface area contributed by atoms with E-state index in [0.717, 1.165) is 11.1 Å². The van der Waals surface area contributed by atoms with Gasteiger partial charge in [-0.2, -0.15) is 5.10 Å². The number of rotatable bonds is 7. The van der Waals surface area contributed by atoms with Crippen molar-refractivity contribution in [2.45, 2.75) is 44.1 Å². The van der Waals surface area contributed by atoms with Gasteiger partial charge in [0.2, 0.25) is 11.8 Å². The predicted molar refractivity (Wildman–Crippen MR) is 126 cm³/mol. The zero-order valence-corrected chi connectivity index (χ0v) is 19.2. The van der Waals surface area contributed by atoms with Crippen molar-refractivity contribution in [3.8, 4) is 17.0 Å². The van der Waals surface area contributed by atoms with Gasteiger partial charge in [0.05, 0.1) is 19.3 Å². The number of hydrogen-bond acceptors (Lipinski definition) is 5. The van der Waals surface area contributed by atoms with Crippen LogP contribution >= 0.6 is 0 Å². The van der Waals surface area contributed by atoms with Crippen LogP contribution in [-0.4, -0.2) is 33.7 Å². The van der Waals surface area contributed by atoms with Crippen LogP contribution in [0.3, 0.4) is 0 Å². The average Bonchev–Trinajstić information content (AvgIpc) is 3.20. The lowest BCUT2D eigenvalue weighted by Gasteiger charge is -2.28. The van der Waals surface area contributed by atoms with Crippen molar-refractivity contribution in [3.63, 3.8) is 0 Å². The molecule has 10 heteroatoms. The molecule has 0 unspecified atom stereocenters. The first-order valence-corrected chi connectivity index (χ1v) is 11.2. The number of alkyl halides is 2. The van der Waals surface area contributed by atoms with Gasteiger partial charge in [-0.25, -0.2) is 22.8 Å². The molecule has 0 saturated heterocycles. The summed E-state index contributed by atoms with van der Waals surface area (Å²) >= 11 is 0. The number of carbonyl (C=O) groups excluding carboxylic acids is 1. The molecule has 1 saturated carbocycles. The number of anilines is 1. The van der Waals surface area contributed by atoms with Crippen LogP contribution < -0.4 is 15.8 Å². The number of nitrogen functional groups attached to an aromatic ring is 1. The third-order valence-corrected chi connectivity index (χ3v) is 6.13. The summed E-state index contributed by atoms with van der Waals surface area (Å²) in [5, 5.41) is 6.85. The van der Waals surface area contributed by atoms with E-state index in [0.29, 0.717) is 17.1 Å². The number of allylic oxidation sites excluding steroid dienone is 1. The van der Waals surface area contributed by atoms with E-state index in [-0.39, 0.29) is 49.5 Å². The van der Waals surface area contributed by atoms with Gasteiger partial charge in [-0.1, -0.05) is 12.6 Å². The fraction of sp³-hybridized carbons (Fsp3) is 0.320. The molecule has 2 aromatic heterocycles. The maximum Gasteiger partial charge on any atom is 0.260 e. The third-order valence-electron chi connectivity index (χ3n) is 6.13. The highest BCUT2D eigenvalue weighted by Gasteiger charge is 2.36. The Hall–Kier alpha value is -3.82. The Morgan fingerprint density at radius 2 is 2.00 bits per heavy atom. The lowest BCUT2D eigenvalue weighted by atomic mass is 9.92. The first kappa shape index (κ1) is 24.3. The highest BCUT2D eigenvalue weighted by atomic mass is 19.3. The molecule has 0 aliphatic heterocycles. The number of pyridine rings is 1. The zero-order valence-electron chi connectivity index (χ0n) is 19.2. The number of aromatic nitrogens is 3. The fourth-order valence-electron chi connectivity index (χ4n) is 4.26. The van der Waals surface area contributed by atoms with Gasteiger partial charge >= 0.3 is 0 Å². The molecule has 4 rings (SSSR count). The summed E-state index contributed by atoms with van der Waals surface area (Å²) in [6.45, 7) is 3.91. The Morgan fingerprint density at radius 1 is 1.26 bits per heavy atom. The average molecular weight is 486 g/mol. The molecule has 7 nitrogen and oxygen atoms in total. The second-order valence-corrected chi connectivity index (χ2v) is 8.60. The molecule has 1 aromatic carbocycles. The number of nitrogens with one attached hydrogen (secondary N) is 1. The number of amides is 1. The van der Waals surface area contributed by atoms with Crippen molar-refractivity contribution < 1.29 is 22.7 Å². The standard InChI is InChI=1S/C25H26F3N5O2/c1-15(11-17-12-18(26)4-5-20(17)16-3-6-22(35-2)30-13-16)32-24(34)21-14-31-33(23(21)29)19-7-9-25(27,28)10-8-19/h3-6,12-14,19H,1,7-11,29H2,2H3,(H,32,34). The molecule has 0 atom stereocenters. The second kappa shape index (κ2) is 9.81. The number of ether oxygens (including phenoxy) is 1. The van der Waals surface area contributed by atoms with E-state index >= 15 is 0 Å².